The first-order chi connectivity index (χ1) is 11.3. The van der Waals surface area contributed by atoms with E-state index in [1.54, 1.807) is 0 Å². The molecule has 0 aliphatic carbocycles. The Hall–Kier alpha value is -0.800. The molecule has 1 unspecified atom stereocenters. The summed E-state index contributed by atoms with van der Waals surface area (Å²) in [4.78, 5) is 2.56. The SMILES string of the molecule is CC(COc1ccccc1Cc1ccccc1)N1CCCCC1.[NaH]. The minimum absolute atomic E-state index is 0. The van der Waals surface area contributed by atoms with Gasteiger partial charge in [-0.15, -0.1) is 0 Å². The van der Waals surface area contributed by atoms with E-state index >= 15 is 0 Å². The molecule has 1 aliphatic heterocycles. The van der Waals surface area contributed by atoms with Crippen LogP contribution in [0.3, 0.4) is 0 Å². The van der Waals surface area contributed by atoms with Crippen LogP contribution in [0.1, 0.15) is 37.3 Å². The van der Waals surface area contributed by atoms with Gasteiger partial charge in [-0.2, -0.15) is 0 Å². The van der Waals surface area contributed by atoms with Gasteiger partial charge in [0, 0.05) is 12.5 Å². The van der Waals surface area contributed by atoms with Gasteiger partial charge in [0.05, 0.1) is 0 Å². The number of rotatable bonds is 6. The third-order valence-electron chi connectivity index (χ3n) is 4.70. The van der Waals surface area contributed by atoms with Crippen LogP contribution in [0.2, 0.25) is 0 Å². The van der Waals surface area contributed by atoms with Crippen molar-refractivity contribution < 1.29 is 4.74 Å². The topological polar surface area (TPSA) is 12.5 Å². The van der Waals surface area contributed by atoms with Crippen molar-refractivity contribution in [1.29, 1.82) is 0 Å². The van der Waals surface area contributed by atoms with Crippen LogP contribution in [0.25, 0.3) is 0 Å². The maximum absolute atomic E-state index is 6.18. The first-order valence-corrected chi connectivity index (χ1v) is 8.81. The van der Waals surface area contributed by atoms with Gasteiger partial charge in [0.25, 0.3) is 0 Å². The summed E-state index contributed by atoms with van der Waals surface area (Å²) in [6, 6.07) is 19.5. The fraction of sp³-hybridized carbons (Fsp3) is 0.429. The van der Waals surface area contributed by atoms with E-state index in [4.69, 9.17) is 4.74 Å². The van der Waals surface area contributed by atoms with Gasteiger partial charge in [-0.3, -0.25) is 4.90 Å². The number of benzene rings is 2. The summed E-state index contributed by atoms with van der Waals surface area (Å²) in [5, 5.41) is 0. The van der Waals surface area contributed by atoms with Crippen molar-refractivity contribution in [3.63, 3.8) is 0 Å². The fourth-order valence-electron chi connectivity index (χ4n) is 3.28. The fourth-order valence-corrected chi connectivity index (χ4v) is 3.28. The van der Waals surface area contributed by atoms with Crippen LogP contribution in [-0.4, -0.2) is 60.2 Å². The second kappa shape index (κ2) is 10.2. The van der Waals surface area contributed by atoms with Crippen LogP contribution >= 0.6 is 0 Å². The summed E-state index contributed by atoms with van der Waals surface area (Å²) in [5.41, 5.74) is 2.59. The van der Waals surface area contributed by atoms with Crippen molar-refractivity contribution in [2.45, 2.75) is 38.6 Å². The molecule has 1 fully saturated rings. The molecule has 0 bridgehead atoms. The Balaban J connectivity index is 0.00000208. The van der Waals surface area contributed by atoms with E-state index in [1.165, 1.54) is 43.5 Å². The molecule has 0 radical (unpaired) electrons. The summed E-state index contributed by atoms with van der Waals surface area (Å²) >= 11 is 0. The number of ether oxygens (including phenoxy) is 1. The second-order valence-electron chi connectivity index (χ2n) is 6.53. The van der Waals surface area contributed by atoms with Crippen LogP contribution in [0.5, 0.6) is 5.75 Å². The third kappa shape index (κ3) is 5.63. The summed E-state index contributed by atoms with van der Waals surface area (Å²) in [6.07, 6.45) is 4.96. The van der Waals surface area contributed by atoms with Gasteiger partial charge in [0.2, 0.25) is 0 Å². The van der Waals surface area contributed by atoms with Crippen LogP contribution < -0.4 is 4.74 Å². The van der Waals surface area contributed by atoms with E-state index in [9.17, 15) is 0 Å². The van der Waals surface area contributed by atoms with Gasteiger partial charge < -0.3 is 4.74 Å². The molecule has 0 spiro atoms. The molecule has 124 valence electrons. The number of hydrogen-bond donors (Lipinski definition) is 0. The maximum atomic E-state index is 6.18. The molecule has 1 aliphatic rings. The van der Waals surface area contributed by atoms with E-state index in [0.717, 1.165) is 18.8 Å². The van der Waals surface area contributed by atoms with Crippen molar-refractivity contribution in [2.24, 2.45) is 0 Å². The predicted molar refractivity (Wildman–Crippen MR) is 103 cm³/mol. The molecule has 2 nitrogen and oxygen atoms in total. The summed E-state index contributed by atoms with van der Waals surface area (Å²) in [7, 11) is 0. The number of piperidine rings is 1. The molecule has 1 atom stereocenters. The van der Waals surface area contributed by atoms with Gasteiger partial charge >= 0.3 is 29.6 Å². The molecule has 2 aromatic rings. The Kier molecular flexibility index (Phi) is 8.34. The average Bonchev–Trinajstić information content (AvgIpc) is 2.62. The molecular formula is C21H28NNaO. The van der Waals surface area contributed by atoms with E-state index in [1.807, 2.05) is 0 Å². The first kappa shape index (κ1) is 19.5. The Labute approximate surface area is 168 Å². The molecular weight excluding hydrogens is 305 g/mol. The molecule has 0 N–H and O–H groups in total. The minimum atomic E-state index is 0. The van der Waals surface area contributed by atoms with Crippen molar-refractivity contribution in [3.05, 3.63) is 65.7 Å². The number of nitrogens with zero attached hydrogens (tertiary/aromatic N) is 1. The molecule has 0 aromatic heterocycles. The van der Waals surface area contributed by atoms with Gasteiger partial charge in [-0.25, -0.2) is 0 Å². The molecule has 1 saturated heterocycles. The van der Waals surface area contributed by atoms with Gasteiger partial charge in [-0.1, -0.05) is 55.0 Å². The Morgan fingerprint density at radius 2 is 1.58 bits per heavy atom. The Morgan fingerprint density at radius 3 is 2.33 bits per heavy atom. The van der Waals surface area contributed by atoms with Crippen LogP contribution in [-0.2, 0) is 6.42 Å². The second-order valence-corrected chi connectivity index (χ2v) is 6.53. The number of likely N-dealkylation sites (tertiary alicyclic amines) is 1. The monoisotopic (exact) mass is 333 g/mol. The normalized spacial score (nSPS) is 16.2. The van der Waals surface area contributed by atoms with Crippen LogP contribution in [0.15, 0.2) is 54.6 Å². The number of para-hydroxylation sites is 1. The van der Waals surface area contributed by atoms with Crippen LogP contribution in [0.4, 0.5) is 0 Å². The third-order valence-corrected chi connectivity index (χ3v) is 4.70. The van der Waals surface area contributed by atoms with Crippen molar-refractivity contribution in [2.75, 3.05) is 19.7 Å². The van der Waals surface area contributed by atoms with Crippen LogP contribution in [0, 0.1) is 0 Å². The first-order valence-electron chi connectivity index (χ1n) is 8.81. The average molecular weight is 333 g/mol. The Morgan fingerprint density at radius 1 is 0.917 bits per heavy atom. The zero-order valence-corrected chi connectivity index (χ0v) is 14.1. The summed E-state index contributed by atoms with van der Waals surface area (Å²) < 4.78 is 6.18. The zero-order chi connectivity index (χ0) is 15.9. The molecule has 0 amide bonds. The van der Waals surface area contributed by atoms with Crippen molar-refractivity contribution in [1.82, 2.24) is 4.90 Å². The summed E-state index contributed by atoms with van der Waals surface area (Å²) in [5.74, 6) is 1.03. The van der Waals surface area contributed by atoms with Crippen molar-refractivity contribution >= 4 is 29.6 Å². The molecule has 0 saturated carbocycles. The van der Waals surface area contributed by atoms with Crippen molar-refractivity contribution in [3.8, 4) is 5.75 Å². The van der Waals surface area contributed by atoms with E-state index < -0.39 is 0 Å². The van der Waals surface area contributed by atoms with Gasteiger partial charge in [0.1, 0.15) is 12.4 Å². The summed E-state index contributed by atoms with van der Waals surface area (Å²) in [6.45, 7) is 5.49. The standard InChI is InChI=1S/C21H27NO.Na.H/c1-18(22-14-8-3-9-15-22)17-23-21-13-7-6-12-20(21)16-19-10-4-2-5-11-19;;/h2,4-7,10-13,18H,3,8-9,14-17H2,1H3;;. The molecule has 24 heavy (non-hydrogen) atoms. The Bertz CT molecular complexity index is 596. The molecule has 1 heterocycles. The predicted octanol–water partition coefficient (Wildman–Crippen LogP) is 3.88. The molecule has 3 heteroatoms. The van der Waals surface area contributed by atoms with Gasteiger partial charge in [-0.05, 0) is 50.0 Å². The zero-order valence-electron chi connectivity index (χ0n) is 14.1. The van der Waals surface area contributed by atoms with E-state index in [2.05, 4.69) is 66.4 Å². The van der Waals surface area contributed by atoms with E-state index in [0.29, 0.717) is 6.04 Å². The molecule has 3 rings (SSSR count). The van der Waals surface area contributed by atoms with Gasteiger partial charge in [0.15, 0.2) is 0 Å². The molecule has 2 aromatic carbocycles. The quantitative estimate of drug-likeness (QED) is 0.744. The van der Waals surface area contributed by atoms with E-state index in [-0.39, 0.29) is 29.6 Å². The number of hydrogen-bond acceptors (Lipinski definition) is 2.